The number of fused-ring (bicyclic) bond motifs is 1. The molecule has 8 atom stereocenters. The Balaban J connectivity index is 0.986. The largest absolute Gasteiger partial charge is 0.514 e. The van der Waals surface area contributed by atoms with Crippen LogP contribution in [0.1, 0.15) is 82.1 Å². The van der Waals surface area contributed by atoms with Crippen LogP contribution in [0.5, 0.6) is 11.5 Å². The van der Waals surface area contributed by atoms with Crippen LogP contribution in [0.25, 0.3) is 0 Å². The highest BCUT2D eigenvalue weighted by Crippen LogP contribution is 2.65. The van der Waals surface area contributed by atoms with Gasteiger partial charge in [-0.15, -0.1) is 0 Å². The number of nitrogens with one attached hydrogen (secondary N) is 2. The first-order valence-electron chi connectivity index (χ1n) is 21.9. The molecule has 8 rings (SSSR count). The Kier molecular flexibility index (Phi) is 12.7. The third-order valence-electron chi connectivity index (χ3n) is 13.8. The van der Waals surface area contributed by atoms with Gasteiger partial charge in [0.05, 0.1) is 29.1 Å². The van der Waals surface area contributed by atoms with Gasteiger partial charge in [0.2, 0.25) is 17.4 Å². The van der Waals surface area contributed by atoms with Crippen molar-refractivity contribution in [2.75, 3.05) is 13.7 Å². The first kappa shape index (κ1) is 45.6. The number of carbonyl (C=O) groups excluding carboxylic acids is 5. The van der Waals surface area contributed by atoms with E-state index in [0.717, 1.165) is 5.56 Å². The molecule has 2 aliphatic heterocycles. The number of hydrogen-bond acceptors (Lipinski definition) is 13. The van der Waals surface area contributed by atoms with E-state index < -0.39 is 69.3 Å². The molecule has 65 heavy (non-hydrogen) atoms. The van der Waals surface area contributed by atoms with Gasteiger partial charge in [0.25, 0.3) is 5.69 Å². The number of carbonyl (C=O) groups is 5. The quantitative estimate of drug-likeness (QED) is 0.0484. The highest BCUT2D eigenvalue weighted by molar-refractivity contribution is 6.32. The van der Waals surface area contributed by atoms with Crippen molar-refractivity contribution in [2.24, 2.45) is 28.6 Å². The molecule has 3 aliphatic carbocycles. The average molecular weight is 914 g/mol. The summed E-state index contributed by atoms with van der Waals surface area (Å²) in [5.74, 6) is -2.24. The van der Waals surface area contributed by atoms with E-state index >= 15 is 0 Å². The van der Waals surface area contributed by atoms with Crippen molar-refractivity contribution in [3.63, 3.8) is 0 Å². The van der Waals surface area contributed by atoms with Crippen LogP contribution in [0.3, 0.4) is 0 Å². The number of hydrogen-bond donors (Lipinski definition) is 2. The molecule has 16 nitrogen and oxygen atoms in total. The Hall–Kier alpha value is -6.00. The monoisotopic (exact) mass is 913 g/mol. The Morgan fingerprint density at radius 3 is 2.34 bits per heavy atom. The van der Waals surface area contributed by atoms with Crippen LogP contribution in [0.15, 0.2) is 78.9 Å². The minimum absolute atomic E-state index is 0.0242. The van der Waals surface area contributed by atoms with E-state index in [2.05, 4.69) is 10.6 Å². The molecule has 2 N–H and O–H groups in total. The molecule has 17 heteroatoms. The van der Waals surface area contributed by atoms with Gasteiger partial charge in [0.1, 0.15) is 36.4 Å². The standard InChI is InChI=1S/C48H52ClN3O13/c1-27(2)34-24-48(34)44(56)63-38(47(20-21-47)41-40(64-41)30-11-8-28(9-12-30)25-61-45(57)62-32-15-13-31(14-16-32)52(58)59)6-5-7-39(53)51-36(23-29-10-17-37(60-4)35(49)22-29)42(54)50-26-46(3)19-18-33(46)43(55)65-48/h5,7-17,22,27,33-34,36,38,40-41H,6,18-21,23-26H2,1-4H3,(H,50,54)(H,51,53)/b7-5+/t33?,34-,36-,38+,40-,41?,46-,48?/m1/s1. The van der Waals surface area contributed by atoms with Crippen molar-refractivity contribution in [1.29, 1.82) is 0 Å². The molecular formula is C48H52ClN3O13. The number of non-ortho nitro benzene ring substituents is 1. The number of epoxide rings is 1. The maximum absolute atomic E-state index is 14.5. The number of nitro benzene ring substituents is 1. The molecule has 2 heterocycles. The van der Waals surface area contributed by atoms with Crippen LogP contribution in [0.2, 0.25) is 5.02 Å². The summed E-state index contributed by atoms with van der Waals surface area (Å²) in [4.78, 5) is 78.5. The Labute approximate surface area is 380 Å². The van der Waals surface area contributed by atoms with Crippen LogP contribution in [0, 0.1) is 38.7 Å². The number of methoxy groups -OCH3 is 1. The lowest BCUT2D eigenvalue weighted by molar-refractivity contribution is -0.384. The predicted octanol–water partition coefficient (Wildman–Crippen LogP) is 7.28. The number of ether oxygens (including phenoxy) is 6. The number of nitrogens with zero attached hydrogens (tertiary/aromatic N) is 1. The van der Waals surface area contributed by atoms with E-state index in [9.17, 15) is 34.1 Å². The zero-order valence-corrected chi connectivity index (χ0v) is 37.3. The van der Waals surface area contributed by atoms with Gasteiger partial charge >= 0.3 is 18.1 Å². The minimum Gasteiger partial charge on any atom is -0.495 e. The Bertz CT molecular complexity index is 2390. The van der Waals surface area contributed by atoms with E-state index in [0.29, 0.717) is 54.0 Å². The second-order valence-corrected chi connectivity index (χ2v) is 18.8. The average Bonchev–Trinajstić information content (AvgIpc) is 4.16. The van der Waals surface area contributed by atoms with E-state index in [-0.39, 0.29) is 61.5 Å². The fourth-order valence-corrected chi connectivity index (χ4v) is 9.65. The number of nitro groups is 1. The van der Waals surface area contributed by atoms with Crippen LogP contribution >= 0.6 is 11.6 Å². The summed E-state index contributed by atoms with van der Waals surface area (Å²) in [5, 5.41) is 17.1. The van der Waals surface area contributed by atoms with Gasteiger partial charge in [-0.25, -0.2) is 9.59 Å². The summed E-state index contributed by atoms with van der Waals surface area (Å²) >= 11 is 6.41. The summed E-state index contributed by atoms with van der Waals surface area (Å²) in [7, 11) is 1.51. The van der Waals surface area contributed by atoms with Gasteiger partial charge < -0.3 is 39.1 Å². The van der Waals surface area contributed by atoms with Crippen molar-refractivity contribution >= 4 is 47.2 Å². The molecule has 1 saturated heterocycles. The number of cyclic esters (lactones) is 1. The van der Waals surface area contributed by atoms with Crippen LogP contribution < -0.4 is 20.1 Å². The molecule has 0 aromatic heterocycles. The molecule has 0 bridgehead atoms. The molecule has 3 aromatic carbocycles. The third kappa shape index (κ3) is 9.69. The van der Waals surface area contributed by atoms with E-state index in [1.54, 1.807) is 36.4 Å². The summed E-state index contributed by atoms with van der Waals surface area (Å²) in [6.45, 7) is 5.95. The van der Waals surface area contributed by atoms with Crippen LogP contribution in [0.4, 0.5) is 10.5 Å². The van der Waals surface area contributed by atoms with Gasteiger partial charge in [-0.05, 0) is 84.0 Å². The van der Waals surface area contributed by atoms with Gasteiger partial charge in [0.15, 0.2) is 0 Å². The van der Waals surface area contributed by atoms with E-state index in [1.807, 2.05) is 32.9 Å². The summed E-state index contributed by atoms with van der Waals surface area (Å²) < 4.78 is 34.7. The van der Waals surface area contributed by atoms with Crippen molar-refractivity contribution < 1.29 is 57.3 Å². The van der Waals surface area contributed by atoms with Gasteiger partial charge in [-0.3, -0.25) is 24.5 Å². The number of rotatable bonds is 11. The number of esters is 2. The molecule has 344 valence electrons. The maximum atomic E-state index is 14.5. The topological polar surface area (TPSA) is 211 Å². The summed E-state index contributed by atoms with van der Waals surface area (Å²) in [6, 6.07) is 16.5. The zero-order chi connectivity index (χ0) is 46.3. The van der Waals surface area contributed by atoms with Crippen LogP contribution in [-0.2, 0) is 51.2 Å². The lowest BCUT2D eigenvalue weighted by Gasteiger charge is -2.46. The van der Waals surface area contributed by atoms with Gasteiger partial charge in [-0.2, -0.15) is 0 Å². The number of benzene rings is 3. The lowest BCUT2D eigenvalue weighted by atomic mass is 9.61. The molecule has 3 saturated carbocycles. The van der Waals surface area contributed by atoms with E-state index in [4.69, 9.17) is 40.0 Å². The highest BCUT2D eigenvalue weighted by atomic mass is 35.5. The van der Waals surface area contributed by atoms with Crippen molar-refractivity contribution in [2.45, 2.75) is 102 Å². The second-order valence-electron chi connectivity index (χ2n) is 18.4. The summed E-state index contributed by atoms with van der Waals surface area (Å²) in [5.41, 5.74) is -0.583. The zero-order valence-electron chi connectivity index (χ0n) is 36.5. The minimum atomic E-state index is -1.45. The molecule has 0 radical (unpaired) electrons. The molecule has 3 unspecified atom stereocenters. The number of amides is 2. The fourth-order valence-electron chi connectivity index (χ4n) is 9.37. The van der Waals surface area contributed by atoms with Crippen molar-refractivity contribution in [3.05, 3.63) is 111 Å². The fraction of sp³-hybridized carbons (Fsp3) is 0.479. The summed E-state index contributed by atoms with van der Waals surface area (Å²) in [6.07, 6.45) is 3.79. The second kappa shape index (κ2) is 18.1. The SMILES string of the molecule is COc1ccc(C[C@H]2NC(=O)/C=C/C[C@@H](C3(C4O[C@@H]4c4ccc(COC(=O)Oc5ccc([N+](=O)[O-])cc5)cc4)CC3)OC(=O)C3(C[C@@H]3C(C)C)OC(=O)C3CC[C@]3(C)CNC2=O)cc1Cl. The lowest BCUT2D eigenvalue weighted by Crippen LogP contribution is -2.55. The predicted molar refractivity (Wildman–Crippen MR) is 233 cm³/mol. The van der Waals surface area contributed by atoms with Gasteiger partial charge in [-0.1, -0.05) is 68.8 Å². The smallest absolute Gasteiger partial charge is 0.495 e. The Morgan fingerprint density at radius 2 is 1.72 bits per heavy atom. The first-order valence-corrected chi connectivity index (χ1v) is 22.3. The van der Waals surface area contributed by atoms with Crippen molar-refractivity contribution in [3.8, 4) is 11.5 Å². The molecular weight excluding hydrogens is 862 g/mol. The van der Waals surface area contributed by atoms with E-state index in [1.165, 1.54) is 37.5 Å². The highest BCUT2D eigenvalue weighted by Gasteiger charge is 2.70. The Morgan fingerprint density at radius 1 is 1.00 bits per heavy atom. The molecule has 3 aromatic rings. The third-order valence-corrected chi connectivity index (χ3v) is 14.1. The number of halogens is 1. The maximum Gasteiger partial charge on any atom is 0.514 e. The van der Waals surface area contributed by atoms with Crippen molar-refractivity contribution in [1.82, 2.24) is 10.6 Å². The molecule has 5 aliphatic rings. The van der Waals surface area contributed by atoms with Crippen LogP contribution in [-0.4, -0.2) is 72.3 Å². The first-order chi connectivity index (χ1) is 31.0. The van der Waals surface area contributed by atoms with Gasteiger partial charge in [0, 0.05) is 49.3 Å². The molecule has 1 spiro atoms. The normalized spacial score (nSPS) is 29.9. The molecule has 2 amide bonds. The molecule has 4 fully saturated rings.